The number of unbranched alkanes of at least 4 members (excludes halogenated alkanes) is 3. The third kappa shape index (κ3) is 7.70. The molecule has 1 saturated heterocycles. The van der Waals surface area contributed by atoms with Crippen LogP contribution in [0.15, 0.2) is 48.8 Å². The van der Waals surface area contributed by atoms with Gasteiger partial charge in [0, 0.05) is 31.9 Å². The van der Waals surface area contributed by atoms with Crippen molar-refractivity contribution < 1.29 is 18.7 Å². The number of nitrogens with zero attached hydrogens (tertiary/aromatic N) is 2. The predicted molar refractivity (Wildman–Crippen MR) is 126 cm³/mol. The predicted octanol–water partition coefficient (Wildman–Crippen LogP) is 4.96. The normalized spacial score (nSPS) is 16.1. The summed E-state index contributed by atoms with van der Waals surface area (Å²) < 4.78 is 19.9. The molecular formula is C26H32FN3O3. The van der Waals surface area contributed by atoms with Crippen LogP contribution in [0.2, 0.25) is 0 Å². The molecule has 33 heavy (non-hydrogen) atoms. The summed E-state index contributed by atoms with van der Waals surface area (Å²) in [6, 6.07) is 7.92. The maximum atomic E-state index is 14.4. The third-order valence-corrected chi connectivity index (χ3v) is 5.67. The summed E-state index contributed by atoms with van der Waals surface area (Å²) in [6.07, 6.45) is 12.2. The van der Waals surface area contributed by atoms with Gasteiger partial charge in [-0.25, -0.2) is 4.39 Å². The maximum absolute atomic E-state index is 14.4. The highest BCUT2D eigenvalue weighted by Gasteiger charge is 2.27. The summed E-state index contributed by atoms with van der Waals surface area (Å²) >= 11 is 0. The lowest BCUT2D eigenvalue weighted by molar-refractivity contribution is -0.132. The minimum absolute atomic E-state index is 0.0271. The van der Waals surface area contributed by atoms with E-state index < -0.39 is 5.82 Å². The molecule has 1 N–H and O–H groups in total. The molecule has 1 aromatic carbocycles. The maximum Gasteiger partial charge on any atom is 0.246 e. The third-order valence-electron chi connectivity index (χ3n) is 5.67. The van der Waals surface area contributed by atoms with Gasteiger partial charge in [-0.2, -0.15) is 0 Å². The van der Waals surface area contributed by atoms with E-state index in [1.54, 1.807) is 35.4 Å². The van der Waals surface area contributed by atoms with Gasteiger partial charge in [0.25, 0.3) is 0 Å². The summed E-state index contributed by atoms with van der Waals surface area (Å²) in [5.41, 5.74) is 0.553. The van der Waals surface area contributed by atoms with Crippen LogP contribution in [-0.2, 0) is 9.59 Å². The Bertz CT molecular complexity index is 949. The lowest BCUT2D eigenvalue weighted by atomic mass is 9.97. The van der Waals surface area contributed by atoms with Gasteiger partial charge in [0.05, 0.1) is 12.1 Å². The minimum atomic E-state index is -0.526. The number of carbonyl (C=O) groups is 2. The van der Waals surface area contributed by atoms with Crippen molar-refractivity contribution in [3.8, 4) is 11.5 Å². The molecule has 2 amide bonds. The molecule has 0 saturated carbocycles. The fourth-order valence-corrected chi connectivity index (χ4v) is 3.81. The molecule has 1 fully saturated rings. The molecule has 0 bridgehead atoms. The van der Waals surface area contributed by atoms with Crippen molar-refractivity contribution in [3.63, 3.8) is 0 Å². The van der Waals surface area contributed by atoms with Crippen LogP contribution >= 0.6 is 0 Å². The number of rotatable bonds is 10. The summed E-state index contributed by atoms with van der Waals surface area (Å²) in [5.74, 6) is -0.318. The van der Waals surface area contributed by atoms with Crippen molar-refractivity contribution in [1.82, 2.24) is 15.2 Å². The number of likely N-dealkylation sites (tertiary alicyclic amines) is 1. The molecule has 1 aliphatic rings. The first-order valence-corrected chi connectivity index (χ1v) is 11.7. The Labute approximate surface area is 194 Å². The molecule has 7 heteroatoms. The number of benzene rings is 1. The van der Waals surface area contributed by atoms with Gasteiger partial charge in [-0.05, 0) is 55.2 Å². The highest BCUT2D eigenvalue weighted by Crippen LogP contribution is 2.25. The molecule has 0 radical (unpaired) electrons. The Hall–Kier alpha value is -3.22. The number of hydrogen-bond acceptors (Lipinski definition) is 4. The number of pyridine rings is 1. The minimum Gasteiger partial charge on any atom is -0.453 e. The second kappa shape index (κ2) is 12.7. The van der Waals surface area contributed by atoms with E-state index in [2.05, 4.69) is 17.2 Å². The summed E-state index contributed by atoms with van der Waals surface area (Å²) in [6.45, 7) is 3.88. The molecule has 1 atom stereocenters. The van der Waals surface area contributed by atoms with Gasteiger partial charge in [0.2, 0.25) is 11.8 Å². The summed E-state index contributed by atoms with van der Waals surface area (Å²) in [7, 11) is 0. The van der Waals surface area contributed by atoms with Crippen LogP contribution in [0.3, 0.4) is 0 Å². The lowest BCUT2D eigenvalue weighted by Gasteiger charge is -2.31. The molecular weight excluding hydrogens is 421 g/mol. The molecule has 0 aliphatic carbocycles. The highest BCUT2D eigenvalue weighted by atomic mass is 19.1. The Morgan fingerprint density at radius 2 is 2.15 bits per heavy atom. The number of hydrogen-bond donors (Lipinski definition) is 1. The first-order valence-electron chi connectivity index (χ1n) is 11.7. The molecule has 1 aliphatic heterocycles. The van der Waals surface area contributed by atoms with Crippen LogP contribution in [0, 0.1) is 11.7 Å². The zero-order valence-electron chi connectivity index (χ0n) is 19.1. The molecule has 1 unspecified atom stereocenters. The standard InChI is InChI=1S/C26H32FN3O3/c1-2-3-4-5-15-29-26(32)21-8-7-16-30(19-21)25(31)13-11-20-10-12-24(23(27)17-20)33-22-9-6-14-28-18-22/h6,9-14,17-18,21H,2-5,7-8,15-16,19H2,1H3,(H,29,32)/b13-11+. The quantitative estimate of drug-likeness (QED) is 0.408. The molecule has 2 aromatic rings. The number of amides is 2. The first-order chi connectivity index (χ1) is 16.1. The number of aromatic nitrogens is 1. The fourth-order valence-electron chi connectivity index (χ4n) is 3.81. The zero-order valence-corrected chi connectivity index (χ0v) is 19.1. The Morgan fingerprint density at radius 1 is 1.27 bits per heavy atom. The van der Waals surface area contributed by atoms with Gasteiger partial charge in [0.15, 0.2) is 11.6 Å². The van der Waals surface area contributed by atoms with Crippen LogP contribution < -0.4 is 10.1 Å². The molecule has 6 nitrogen and oxygen atoms in total. The summed E-state index contributed by atoms with van der Waals surface area (Å²) in [4.78, 5) is 30.7. The number of nitrogens with one attached hydrogen (secondary N) is 1. The van der Waals surface area contributed by atoms with E-state index in [9.17, 15) is 14.0 Å². The molecule has 0 spiro atoms. The van der Waals surface area contributed by atoms with Crippen molar-refractivity contribution >= 4 is 17.9 Å². The number of carbonyl (C=O) groups excluding carboxylic acids is 2. The van der Waals surface area contributed by atoms with Crippen molar-refractivity contribution in [3.05, 3.63) is 60.2 Å². The van der Waals surface area contributed by atoms with Gasteiger partial charge >= 0.3 is 0 Å². The van der Waals surface area contributed by atoms with Crippen molar-refractivity contribution in [2.75, 3.05) is 19.6 Å². The van der Waals surface area contributed by atoms with Crippen molar-refractivity contribution in [2.24, 2.45) is 5.92 Å². The Balaban J connectivity index is 1.51. The average Bonchev–Trinajstić information content (AvgIpc) is 2.84. The average molecular weight is 454 g/mol. The van der Waals surface area contributed by atoms with E-state index in [0.717, 1.165) is 32.1 Å². The number of ether oxygens (including phenoxy) is 1. The number of piperidine rings is 1. The van der Waals surface area contributed by atoms with Gasteiger partial charge in [-0.3, -0.25) is 14.6 Å². The van der Waals surface area contributed by atoms with Crippen LogP contribution in [-0.4, -0.2) is 41.3 Å². The van der Waals surface area contributed by atoms with E-state index >= 15 is 0 Å². The first kappa shape index (κ1) is 24.4. The van der Waals surface area contributed by atoms with E-state index in [1.807, 2.05) is 0 Å². The van der Waals surface area contributed by atoms with Crippen LogP contribution in [0.1, 0.15) is 51.0 Å². The van der Waals surface area contributed by atoms with Gasteiger partial charge in [-0.15, -0.1) is 0 Å². The van der Waals surface area contributed by atoms with Crippen LogP contribution in [0.4, 0.5) is 4.39 Å². The van der Waals surface area contributed by atoms with Gasteiger partial charge in [0.1, 0.15) is 5.75 Å². The highest BCUT2D eigenvalue weighted by molar-refractivity contribution is 5.92. The van der Waals surface area contributed by atoms with Crippen LogP contribution in [0.25, 0.3) is 6.08 Å². The second-order valence-electron chi connectivity index (χ2n) is 8.29. The van der Waals surface area contributed by atoms with Gasteiger partial charge < -0.3 is 15.0 Å². The fraction of sp³-hybridized carbons (Fsp3) is 0.423. The van der Waals surface area contributed by atoms with E-state index in [-0.39, 0.29) is 23.5 Å². The summed E-state index contributed by atoms with van der Waals surface area (Å²) in [5, 5.41) is 3.01. The zero-order chi connectivity index (χ0) is 23.5. The number of halogens is 1. The largest absolute Gasteiger partial charge is 0.453 e. The van der Waals surface area contributed by atoms with E-state index in [4.69, 9.17) is 4.74 Å². The van der Waals surface area contributed by atoms with Crippen molar-refractivity contribution in [2.45, 2.75) is 45.4 Å². The van der Waals surface area contributed by atoms with E-state index in [1.165, 1.54) is 30.8 Å². The smallest absolute Gasteiger partial charge is 0.246 e. The Morgan fingerprint density at radius 3 is 2.91 bits per heavy atom. The molecule has 1 aromatic heterocycles. The topological polar surface area (TPSA) is 71.5 Å². The van der Waals surface area contributed by atoms with Gasteiger partial charge in [-0.1, -0.05) is 32.3 Å². The van der Waals surface area contributed by atoms with E-state index in [0.29, 0.717) is 30.9 Å². The van der Waals surface area contributed by atoms with Crippen LogP contribution in [0.5, 0.6) is 11.5 Å². The lowest BCUT2D eigenvalue weighted by Crippen LogP contribution is -2.45. The molecule has 2 heterocycles. The molecule has 176 valence electrons. The Kier molecular flexibility index (Phi) is 9.42. The van der Waals surface area contributed by atoms with Crippen molar-refractivity contribution in [1.29, 1.82) is 0 Å². The molecule has 3 rings (SSSR count). The monoisotopic (exact) mass is 453 g/mol. The second-order valence-corrected chi connectivity index (χ2v) is 8.29. The SMILES string of the molecule is CCCCCCNC(=O)C1CCCN(C(=O)/C=C/c2ccc(Oc3cccnc3)c(F)c2)C1.